The van der Waals surface area contributed by atoms with E-state index in [0.29, 0.717) is 0 Å². The van der Waals surface area contributed by atoms with Crippen LogP contribution in [-0.2, 0) is 11.2 Å². The quantitative estimate of drug-likeness (QED) is 0.781. The molecule has 0 atom stereocenters. The molecule has 0 spiro atoms. The number of pyridine rings is 1. The lowest BCUT2D eigenvalue weighted by Gasteiger charge is -2.15. The fourth-order valence-corrected chi connectivity index (χ4v) is 1.08. The van der Waals surface area contributed by atoms with Crippen molar-refractivity contribution < 1.29 is 9.90 Å². The Balaban J connectivity index is 2.73. The molecule has 0 aromatic carbocycles. The molecule has 1 rings (SSSR count). The van der Waals surface area contributed by atoms with Crippen molar-refractivity contribution in [1.82, 2.24) is 4.98 Å². The molecule has 0 aliphatic carbocycles. The molecule has 0 aliphatic heterocycles. The summed E-state index contributed by atoms with van der Waals surface area (Å²) in [6.07, 6.45) is 1.64. The van der Waals surface area contributed by atoms with Crippen molar-refractivity contribution in [1.29, 1.82) is 0 Å². The standard InChI is InChI=1S/C10H14N2O2/c1-3-12(2)9-5-4-8(7-11-9)6-10(13)14/h4-5,7H,3,6H2,1-2H3,(H,13,14). The fourth-order valence-electron chi connectivity index (χ4n) is 1.08. The second-order valence-electron chi connectivity index (χ2n) is 3.11. The molecule has 4 nitrogen and oxygen atoms in total. The summed E-state index contributed by atoms with van der Waals surface area (Å²) in [5, 5.41) is 8.55. The Bertz CT molecular complexity index is 308. The molecule has 0 aliphatic rings. The van der Waals surface area contributed by atoms with Crippen LogP contribution in [0.1, 0.15) is 12.5 Å². The monoisotopic (exact) mass is 194 g/mol. The van der Waals surface area contributed by atoms with Crippen LogP contribution in [0.4, 0.5) is 5.82 Å². The van der Waals surface area contributed by atoms with Crippen LogP contribution >= 0.6 is 0 Å². The van der Waals surface area contributed by atoms with E-state index < -0.39 is 5.97 Å². The number of aliphatic carboxylic acids is 1. The highest BCUT2D eigenvalue weighted by Crippen LogP contribution is 2.09. The molecular formula is C10H14N2O2. The molecule has 4 heteroatoms. The molecule has 1 aromatic heterocycles. The normalized spacial score (nSPS) is 9.86. The summed E-state index contributed by atoms with van der Waals surface area (Å²) < 4.78 is 0. The lowest BCUT2D eigenvalue weighted by molar-refractivity contribution is -0.136. The third-order valence-corrected chi connectivity index (χ3v) is 2.03. The summed E-state index contributed by atoms with van der Waals surface area (Å²) in [5.74, 6) is 0.0324. The van der Waals surface area contributed by atoms with Gasteiger partial charge in [0.1, 0.15) is 5.82 Å². The molecule has 14 heavy (non-hydrogen) atoms. The van der Waals surface area contributed by atoms with Gasteiger partial charge in [-0.1, -0.05) is 6.07 Å². The molecule has 0 saturated carbocycles. The smallest absolute Gasteiger partial charge is 0.307 e. The third-order valence-electron chi connectivity index (χ3n) is 2.03. The predicted molar refractivity (Wildman–Crippen MR) is 54.5 cm³/mol. The van der Waals surface area contributed by atoms with Crippen LogP contribution in [0.5, 0.6) is 0 Å². The van der Waals surface area contributed by atoms with Gasteiger partial charge >= 0.3 is 5.97 Å². The van der Waals surface area contributed by atoms with Gasteiger partial charge < -0.3 is 10.0 Å². The van der Waals surface area contributed by atoms with E-state index in [1.165, 1.54) is 0 Å². The summed E-state index contributed by atoms with van der Waals surface area (Å²) in [6, 6.07) is 3.63. The SMILES string of the molecule is CCN(C)c1ccc(CC(=O)O)cn1. The van der Waals surface area contributed by atoms with Crippen LogP contribution in [0.3, 0.4) is 0 Å². The van der Waals surface area contributed by atoms with Crippen molar-refractivity contribution in [3.63, 3.8) is 0 Å². The first-order valence-electron chi connectivity index (χ1n) is 4.51. The number of anilines is 1. The molecular weight excluding hydrogens is 180 g/mol. The molecule has 0 bridgehead atoms. The summed E-state index contributed by atoms with van der Waals surface area (Å²) >= 11 is 0. The zero-order valence-corrected chi connectivity index (χ0v) is 8.40. The van der Waals surface area contributed by atoms with Gasteiger partial charge in [0.2, 0.25) is 0 Å². The Hall–Kier alpha value is -1.58. The van der Waals surface area contributed by atoms with E-state index in [1.54, 1.807) is 12.3 Å². The van der Waals surface area contributed by atoms with Gasteiger partial charge in [0.25, 0.3) is 0 Å². The van der Waals surface area contributed by atoms with Crippen LogP contribution in [0.25, 0.3) is 0 Å². The predicted octanol–water partition coefficient (Wildman–Crippen LogP) is 1.16. The summed E-state index contributed by atoms with van der Waals surface area (Å²) in [4.78, 5) is 16.6. The average Bonchev–Trinajstić information content (AvgIpc) is 2.17. The summed E-state index contributed by atoms with van der Waals surface area (Å²) in [5.41, 5.74) is 0.728. The van der Waals surface area contributed by atoms with E-state index in [0.717, 1.165) is 17.9 Å². The van der Waals surface area contributed by atoms with Crippen molar-refractivity contribution in [2.24, 2.45) is 0 Å². The van der Waals surface area contributed by atoms with Crippen molar-refractivity contribution in [3.8, 4) is 0 Å². The van der Waals surface area contributed by atoms with Crippen molar-refractivity contribution in [2.45, 2.75) is 13.3 Å². The highest BCUT2D eigenvalue weighted by atomic mass is 16.4. The Morgan fingerprint density at radius 3 is 2.71 bits per heavy atom. The number of carboxylic acids is 1. The zero-order valence-electron chi connectivity index (χ0n) is 8.40. The second-order valence-corrected chi connectivity index (χ2v) is 3.11. The van der Waals surface area contributed by atoms with E-state index in [1.807, 2.05) is 24.9 Å². The highest BCUT2D eigenvalue weighted by molar-refractivity contribution is 5.70. The minimum absolute atomic E-state index is 0.0309. The van der Waals surface area contributed by atoms with Crippen LogP contribution in [0, 0.1) is 0 Å². The largest absolute Gasteiger partial charge is 0.481 e. The van der Waals surface area contributed by atoms with Crippen molar-refractivity contribution in [3.05, 3.63) is 23.9 Å². The minimum atomic E-state index is -0.830. The van der Waals surface area contributed by atoms with Gasteiger partial charge in [-0.15, -0.1) is 0 Å². The lowest BCUT2D eigenvalue weighted by Crippen LogP contribution is -2.17. The minimum Gasteiger partial charge on any atom is -0.481 e. The lowest BCUT2D eigenvalue weighted by atomic mass is 10.2. The van der Waals surface area contributed by atoms with Gasteiger partial charge in [0, 0.05) is 19.8 Å². The molecule has 1 N–H and O–H groups in total. The molecule has 1 heterocycles. The topological polar surface area (TPSA) is 53.4 Å². The first kappa shape index (κ1) is 10.5. The first-order valence-corrected chi connectivity index (χ1v) is 4.51. The average molecular weight is 194 g/mol. The number of hydrogen-bond acceptors (Lipinski definition) is 3. The van der Waals surface area contributed by atoms with E-state index in [9.17, 15) is 4.79 Å². The van der Waals surface area contributed by atoms with Gasteiger partial charge in [-0.25, -0.2) is 4.98 Å². The molecule has 0 radical (unpaired) electrons. The maximum absolute atomic E-state index is 10.4. The van der Waals surface area contributed by atoms with Crippen LogP contribution in [0.15, 0.2) is 18.3 Å². The van der Waals surface area contributed by atoms with Gasteiger partial charge in [0.05, 0.1) is 6.42 Å². The molecule has 0 unspecified atom stereocenters. The Labute approximate surface area is 83.2 Å². The molecule has 0 amide bonds. The summed E-state index contributed by atoms with van der Waals surface area (Å²) in [6.45, 7) is 2.91. The van der Waals surface area contributed by atoms with Crippen LogP contribution in [-0.4, -0.2) is 29.7 Å². The van der Waals surface area contributed by atoms with Gasteiger partial charge in [-0.3, -0.25) is 4.79 Å². The fraction of sp³-hybridized carbons (Fsp3) is 0.400. The van der Waals surface area contributed by atoms with Gasteiger partial charge in [0.15, 0.2) is 0 Å². The first-order chi connectivity index (χ1) is 6.63. The zero-order chi connectivity index (χ0) is 10.6. The molecule has 1 aromatic rings. The van der Waals surface area contributed by atoms with Crippen molar-refractivity contribution >= 4 is 11.8 Å². The number of carboxylic acid groups (broad SMARTS) is 1. The molecule has 76 valence electrons. The summed E-state index contributed by atoms with van der Waals surface area (Å²) in [7, 11) is 1.94. The maximum atomic E-state index is 10.4. The maximum Gasteiger partial charge on any atom is 0.307 e. The van der Waals surface area contributed by atoms with Gasteiger partial charge in [-0.2, -0.15) is 0 Å². The number of hydrogen-bond donors (Lipinski definition) is 1. The van der Waals surface area contributed by atoms with Crippen molar-refractivity contribution in [2.75, 3.05) is 18.5 Å². The Kier molecular flexibility index (Phi) is 3.45. The second kappa shape index (κ2) is 4.60. The Morgan fingerprint density at radius 1 is 1.57 bits per heavy atom. The van der Waals surface area contributed by atoms with Gasteiger partial charge in [-0.05, 0) is 18.6 Å². The van der Waals surface area contributed by atoms with Crippen LogP contribution in [0.2, 0.25) is 0 Å². The molecule has 0 saturated heterocycles. The number of carbonyl (C=O) groups is 1. The number of nitrogens with zero attached hydrogens (tertiary/aromatic N) is 2. The van der Waals surface area contributed by atoms with Crippen LogP contribution < -0.4 is 4.90 Å². The van der Waals surface area contributed by atoms with E-state index in [4.69, 9.17) is 5.11 Å². The highest BCUT2D eigenvalue weighted by Gasteiger charge is 2.02. The Morgan fingerprint density at radius 2 is 2.29 bits per heavy atom. The number of rotatable bonds is 4. The molecule has 0 fully saturated rings. The van der Waals surface area contributed by atoms with E-state index in [2.05, 4.69) is 4.98 Å². The van der Waals surface area contributed by atoms with E-state index >= 15 is 0 Å². The third kappa shape index (κ3) is 2.73. The number of aromatic nitrogens is 1. The van der Waals surface area contributed by atoms with E-state index in [-0.39, 0.29) is 6.42 Å².